The van der Waals surface area contributed by atoms with Gasteiger partial charge < -0.3 is 4.90 Å². The highest BCUT2D eigenvalue weighted by molar-refractivity contribution is 5.97. The van der Waals surface area contributed by atoms with Gasteiger partial charge in [-0.3, -0.25) is 0 Å². The summed E-state index contributed by atoms with van der Waals surface area (Å²) in [5.74, 6) is 0. The van der Waals surface area contributed by atoms with Crippen molar-refractivity contribution in [1.82, 2.24) is 0 Å². The van der Waals surface area contributed by atoms with E-state index in [-0.39, 0.29) is 5.41 Å². The van der Waals surface area contributed by atoms with Crippen LogP contribution in [0.5, 0.6) is 0 Å². The van der Waals surface area contributed by atoms with E-state index in [0.717, 1.165) is 23.5 Å². The summed E-state index contributed by atoms with van der Waals surface area (Å²) in [6.45, 7) is 4.76. The minimum Gasteiger partial charge on any atom is -0.310 e. The maximum Gasteiger partial charge on any atom is 0.0714 e. The molecule has 9 aromatic carbocycles. The Hall–Kier alpha value is -7.22. The molecule has 0 radical (unpaired) electrons. The van der Waals surface area contributed by atoms with E-state index in [1.54, 1.807) is 0 Å². The lowest BCUT2D eigenvalue weighted by molar-refractivity contribution is 0.660. The summed E-state index contributed by atoms with van der Waals surface area (Å²) in [6.07, 6.45) is 4.87. The van der Waals surface area contributed by atoms with Crippen LogP contribution >= 0.6 is 0 Å². The van der Waals surface area contributed by atoms with Crippen LogP contribution in [0.1, 0.15) is 71.2 Å². The van der Waals surface area contributed by atoms with E-state index < -0.39 is 5.41 Å². The molecule has 0 bridgehead atoms. The highest BCUT2D eigenvalue weighted by Crippen LogP contribution is 2.59. The summed E-state index contributed by atoms with van der Waals surface area (Å²) in [5.41, 5.74) is 23.9. The van der Waals surface area contributed by atoms with E-state index in [9.17, 15) is 0 Å². The first kappa shape index (κ1) is 37.5. The molecule has 302 valence electrons. The lowest BCUT2D eigenvalue weighted by Gasteiger charge is -2.35. The molecule has 0 unspecified atom stereocenters. The quantitative estimate of drug-likeness (QED) is 0.155. The highest BCUT2D eigenvalue weighted by atomic mass is 15.1. The van der Waals surface area contributed by atoms with E-state index in [4.69, 9.17) is 0 Å². The second-order valence-corrected chi connectivity index (χ2v) is 18.2. The Morgan fingerprint density at radius 2 is 0.921 bits per heavy atom. The van der Waals surface area contributed by atoms with Crippen molar-refractivity contribution in [2.75, 3.05) is 4.90 Å². The van der Waals surface area contributed by atoms with Crippen molar-refractivity contribution in [1.29, 1.82) is 0 Å². The predicted octanol–water partition coefficient (Wildman–Crippen LogP) is 16.0. The Morgan fingerprint density at radius 1 is 0.365 bits per heavy atom. The fraction of sp³-hybridized carbons (Fsp3) is 0.129. The minimum atomic E-state index is -0.540. The molecule has 1 nitrogen and oxygen atoms in total. The van der Waals surface area contributed by atoms with Gasteiger partial charge in [0.2, 0.25) is 0 Å². The Labute approximate surface area is 372 Å². The van der Waals surface area contributed by atoms with Gasteiger partial charge in [0.25, 0.3) is 0 Å². The van der Waals surface area contributed by atoms with Crippen molar-refractivity contribution in [3.05, 3.63) is 257 Å². The molecular formula is C62H49N. The molecule has 0 saturated heterocycles. The zero-order chi connectivity index (χ0) is 42.1. The number of hydrogen-bond donors (Lipinski definition) is 0. The number of anilines is 3. The molecule has 12 rings (SSSR count). The van der Waals surface area contributed by atoms with E-state index in [2.05, 4.69) is 231 Å². The summed E-state index contributed by atoms with van der Waals surface area (Å²) >= 11 is 0. The van der Waals surface area contributed by atoms with Crippen molar-refractivity contribution in [2.24, 2.45) is 0 Å². The molecule has 3 aliphatic rings. The molecule has 9 aromatic rings. The van der Waals surface area contributed by atoms with E-state index in [1.807, 2.05) is 0 Å². The topological polar surface area (TPSA) is 3.24 Å². The molecule has 0 heterocycles. The van der Waals surface area contributed by atoms with Gasteiger partial charge >= 0.3 is 0 Å². The third kappa shape index (κ3) is 5.76. The van der Waals surface area contributed by atoms with Gasteiger partial charge in [0, 0.05) is 22.4 Å². The first-order valence-electron chi connectivity index (χ1n) is 22.7. The number of fused-ring (bicyclic) bond motifs is 7. The maximum atomic E-state index is 2.55. The number of aryl methyl sites for hydroxylation is 1. The number of benzene rings is 9. The summed E-state index contributed by atoms with van der Waals surface area (Å²) < 4.78 is 0. The highest BCUT2D eigenvalue weighted by Gasteiger charge is 2.47. The smallest absolute Gasteiger partial charge is 0.0714 e. The van der Waals surface area contributed by atoms with Crippen LogP contribution in [0.4, 0.5) is 17.1 Å². The number of para-hydroxylation sites is 1. The van der Waals surface area contributed by atoms with E-state index >= 15 is 0 Å². The van der Waals surface area contributed by atoms with Gasteiger partial charge in [-0.1, -0.05) is 190 Å². The number of nitrogens with zero attached hydrogens (tertiary/aromatic N) is 1. The van der Waals surface area contributed by atoms with Gasteiger partial charge in [-0.2, -0.15) is 0 Å². The van der Waals surface area contributed by atoms with Crippen molar-refractivity contribution >= 4 is 17.1 Å². The lowest BCUT2D eigenvalue weighted by atomic mass is 9.67. The molecule has 0 saturated carbocycles. The summed E-state index contributed by atoms with van der Waals surface area (Å²) in [7, 11) is 0. The third-order valence-electron chi connectivity index (χ3n) is 14.6. The predicted molar refractivity (Wildman–Crippen MR) is 264 cm³/mol. The Morgan fingerprint density at radius 3 is 1.62 bits per heavy atom. The van der Waals surface area contributed by atoms with Gasteiger partial charge in [0.15, 0.2) is 0 Å². The van der Waals surface area contributed by atoms with Crippen LogP contribution in [0.2, 0.25) is 0 Å². The minimum absolute atomic E-state index is 0.144. The van der Waals surface area contributed by atoms with Gasteiger partial charge in [-0.05, 0) is 146 Å². The molecule has 0 atom stereocenters. The first-order valence-corrected chi connectivity index (χ1v) is 22.7. The van der Waals surface area contributed by atoms with Crippen molar-refractivity contribution in [2.45, 2.75) is 50.4 Å². The van der Waals surface area contributed by atoms with Crippen LogP contribution in [-0.4, -0.2) is 0 Å². The normalized spacial score (nSPS) is 14.8. The van der Waals surface area contributed by atoms with Crippen LogP contribution in [0.3, 0.4) is 0 Å². The second kappa shape index (κ2) is 14.7. The molecule has 0 aliphatic heterocycles. The Balaban J connectivity index is 1.14. The fourth-order valence-corrected chi connectivity index (χ4v) is 11.6. The molecule has 3 aliphatic carbocycles. The first-order chi connectivity index (χ1) is 31.0. The second-order valence-electron chi connectivity index (χ2n) is 18.2. The van der Waals surface area contributed by atoms with Crippen LogP contribution in [-0.2, 0) is 23.7 Å². The lowest BCUT2D eigenvalue weighted by Crippen LogP contribution is -2.28. The van der Waals surface area contributed by atoms with Gasteiger partial charge in [-0.15, -0.1) is 0 Å². The molecule has 0 fully saturated rings. The third-order valence-corrected chi connectivity index (χ3v) is 14.6. The Kier molecular flexibility index (Phi) is 8.76. The summed E-state index contributed by atoms with van der Waals surface area (Å²) in [6, 6.07) is 80.1. The SMILES string of the molecule is CC1(C)c2ccccc2-c2ccc(N(c3ccccc3)c3cc4c(cc3-c3ccc(-c5cccc6c5CCCC6)cc3)-c3ccccc3C4(c3ccccc3)c3ccccc3)cc21. The van der Waals surface area contributed by atoms with Crippen LogP contribution in [0.15, 0.2) is 212 Å². The van der Waals surface area contributed by atoms with Crippen molar-refractivity contribution in [3.63, 3.8) is 0 Å². The molecule has 0 N–H and O–H groups in total. The van der Waals surface area contributed by atoms with Crippen LogP contribution in [0.25, 0.3) is 44.5 Å². The van der Waals surface area contributed by atoms with Gasteiger partial charge in [0.1, 0.15) is 0 Å². The van der Waals surface area contributed by atoms with Gasteiger partial charge in [0.05, 0.1) is 11.1 Å². The monoisotopic (exact) mass is 807 g/mol. The standard InChI is InChI=1S/C62H49N/c1-61(2)56-31-16-14-28-51(56)53-38-37-48(39-58(53)61)63(47-25-10-5-11-26-47)60-41-59-55(40-54(60)44-35-33-43(34-36-44)50-30-18-20-42-19-12-13-27-49(42)50)52-29-15-17-32-57(52)62(59,45-21-6-3-7-22-45)46-23-8-4-9-24-46/h3-11,14-18,20-26,28-41H,12-13,19,27H2,1-2H3. The molecule has 63 heavy (non-hydrogen) atoms. The fourth-order valence-electron chi connectivity index (χ4n) is 11.6. The Bertz CT molecular complexity index is 3140. The molecule has 0 spiro atoms. The van der Waals surface area contributed by atoms with Crippen LogP contribution in [0, 0.1) is 0 Å². The number of rotatable bonds is 7. The van der Waals surface area contributed by atoms with Gasteiger partial charge in [-0.25, -0.2) is 0 Å². The largest absolute Gasteiger partial charge is 0.310 e. The van der Waals surface area contributed by atoms with Crippen molar-refractivity contribution in [3.8, 4) is 44.5 Å². The maximum absolute atomic E-state index is 2.55. The zero-order valence-electron chi connectivity index (χ0n) is 36.0. The van der Waals surface area contributed by atoms with E-state index in [1.165, 1.54) is 108 Å². The molecule has 1 heteroatoms. The van der Waals surface area contributed by atoms with Crippen molar-refractivity contribution < 1.29 is 0 Å². The average Bonchev–Trinajstić information content (AvgIpc) is 3.77. The van der Waals surface area contributed by atoms with E-state index in [0.29, 0.717) is 0 Å². The summed E-state index contributed by atoms with van der Waals surface area (Å²) in [5, 5.41) is 0. The summed E-state index contributed by atoms with van der Waals surface area (Å²) in [4.78, 5) is 2.53. The number of hydrogen-bond acceptors (Lipinski definition) is 1. The molecular weight excluding hydrogens is 759 g/mol. The van der Waals surface area contributed by atoms with Crippen LogP contribution < -0.4 is 4.90 Å². The molecule has 0 aromatic heterocycles. The zero-order valence-corrected chi connectivity index (χ0v) is 36.0. The average molecular weight is 808 g/mol. The molecule has 0 amide bonds.